The molecule has 2 aliphatic heterocycles. The minimum absolute atomic E-state index is 0.179. The Morgan fingerprint density at radius 3 is 2.44 bits per heavy atom. The molecule has 2 N–H and O–H groups in total. The van der Waals surface area contributed by atoms with Gasteiger partial charge in [0, 0.05) is 31.7 Å². The van der Waals surface area contributed by atoms with Gasteiger partial charge in [-0.15, -0.1) is 13.2 Å². The summed E-state index contributed by atoms with van der Waals surface area (Å²) >= 11 is 12.2. The van der Waals surface area contributed by atoms with Gasteiger partial charge in [0.2, 0.25) is 10.0 Å². The Hall–Kier alpha value is -1.56. The monoisotopic (exact) mass is 509 g/mol. The average molecular weight is 510 g/mol. The van der Waals surface area contributed by atoms with Gasteiger partial charge in [0.1, 0.15) is 5.75 Å². The molecule has 0 spiro atoms. The van der Waals surface area contributed by atoms with Gasteiger partial charge in [0.15, 0.2) is 0 Å². The lowest BCUT2D eigenvalue weighted by atomic mass is 10.1. The van der Waals surface area contributed by atoms with Crippen LogP contribution in [0, 0.1) is 0 Å². The third kappa shape index (κ3) is 5.49. The number of benzene rings is 2. The SMILES string of the molecule is O=S(=O)(N[C@H](CN1C[C@H]2C[C@@H]1CN2)c1ccc(Cl)c(Cl)c1)c1ccc(OC(F)(F)F)cc1. The number of rotatable bonds is 7. The van der Waals surface area contributed by atoms with Crippen LogP contribution in [0.4, 0.5) is 13.2 Å². The Morgan fingerprint density at radius 1 is 1.16 bits per heavy atom. The highest BCUT2D eigenvalue weighted by molar-refractivity contribution is 7.89. The third-order valence-electron chi connectivity index (χ3n) is 5.60. The van der Waals surface area contributed by atoms with E-state index in [1.807, 2.05) is 0 Å². The van der Waals surface area contributed by atoms with E-state index in [4.69, 9.17) is 23.2 Å². The van der Waals surface area contributed by atoms with Crippen LogP contribution in [-0.2, 0) is 10.0 Å². The number of alkyl halides is 3. The maximum atomic E-state index is 13.0. The van der Waals surface area contributed by atoms with Gasteiger partial charge in [-0.1, -0.05) is 29.3 Å². The normalized spacial score (nSPS) is 22.3. The van der Waals surface area contributed by atoms with Gasteiger partial charge in [-0.05, 0) is 48.4 Å². The van der Waals surface area contributed by atoms with Crippen molar-refractivity contribution in [2.45, 2.75) is 35.8 Å². The maximum Gasteiger partial charge on any atom is 0.573 e. The standard InChI is InChI=1S/C20H20Cl2F3N3O3S/c21-17-6-1-12(7-18(17)22)19(11-28-10-13-8-14(28)9-26-13)27-32(29,30)16-4-2-15(3-5-16)31-20(23,24)25/h1-7,13-14,19,26-27H,8-11H2/t13-,14-,19-/m1/s1. The molecule has 2 aliphatic rings. The highest BCUT2D eigenvalue weighted by Gasteiger charge is 2.39. The maximum absolute atomic E-state index is 13.0. The van der Waals surface area contributed by atoms with E-state index >= 15 is 0 Å². The van der Waals surface area contributed by atoms with Crippen molar-refractivity contribution < 1.29 is 26.3 Å². The number of hydrogen-bond acceptors (Lipinski definition) is 5. The molecule has 0 amide bonds. The zero-order valence-corrected chi connectivity index (χ0v) is 18.9. The van der Waals surface area contributed by atoms with Gasteiger partial charge in [-0.2, -0.15) is 0 Å². The quantitative estimate of drug-likeness (QED) is 0.591. The molecule has 4 rings (SSSR count). The van der Waals surface area contributed by atoms with Gasteiger partial charge in [-0.3, -0.25) is 4.90 Å². The van der Waals surface area contributed by atoms with Crippen molar-refractivity contribution in [3.05, 3.63) is 58.1 Å². The van der Waals surface area contributed by atoms with Crippen LogP contribution in [0.5, 0.6) is 5.75 Å². The number of piperazine rings is 1. The van der Waals surface area contributed by atoms with Crippen molar-refractivity contribution >= 4 is 33.2 Å². The van der Waals surface area contributed by atoms with Crippen LogP contribution in [0.2, 0.25) is 10.0 Å². The van der Waals surface area contributed by atoms with E-state index in [0.29, 0.717) is 34.2 Å². The number of sulfonamides is 1. The van der Waals surface area contributed by atoms with E-state index in [1.54, 1.807) is 18.2 Å². The van der Waals surface area contributed by atoms with Crippen LogP contribution >= 0.6 is 23.2 Å². The second-order valence-electron chi connectivity index (χ2n) is 7.82. The Balaban J connectivity index is 1.57. The fourth-order valence-electron chi connectivity index (χ4n) is 4.12. The summed E-state index contributed by atoms with van der Waals surface area (Å²) in [5, 5.41) is 4.05. The zero-order valence-electron chi connectivity index (χ0n) is 16.6. The van der Waals surface area contributed by atoms with Gasteiger partial charge in [0.05, 0.1) is 21.0 Å². The van der Waals surface area contributed by atoms with E-state index < -0.39 is 28.2 Å². The molecule has 2 saturated heterocycles. The number of halogens is 5. The molecule has 12 heteroatoms. The predicted octanol–water partition coefficient (Wildman–Crippen LogP) is 3.96. The van der Waals surface area contributed by atoms with Crippen LogP contribution < -0.4 is 14.8 Å². The van der Waals surface area contributed by atoms with E-state index in [0.717, 1.165) is 43.8 Å². The highest BCUT2D eigenvalue weighted by Crippen LogP contribution is 2.31. The molecule has 0 radical (unpaired) electrons. The van der Waals surface area contributed by atoms with Crippen LogP contribution in [0.3, 0.4) is 0 Å². The van der Waals surface area contributed by atoms with Crippen molar-refractivity contribution in [3.63, 3.8) is 0 Å². The minimum Gasteiger partial charge on any atom is -0.406 e. The molecule has 0 aliphatic carbocycles. The Bertz CT molecular complexity index is 1080. The fraction of sp³-hybridized carbons (Fsp3) is 0.400. The van der Waals surface area contributed by atoms with Crippen LogP contribution in [-0.4, -0.2) is 51.4 Å². The number of fused-ring (bicyclic) bond motifs is 2. The summed E-state index contributed by atoms with van der Waals surface area (Å²) in [6, 6.07) is 9.03. The molecule has 3 atom stereocenters. The van der Waals surface area contributed by atoms with Crippen LogP contribution in [0.1, 0.15) is 18.0 Å². The number of nitrogens with zero attached hydrogens (tertiary/aromatic N) is 1. The fourth-order valence-corrected chi connectivity index (χ4v) is 5.64. The van der Waals surface area contributed by atoms with Gasteiger partial charge < -0.3 is 10.1 Å². The van der Waals surface area contributed by atoms with Crippen LogP contribution in [0.15, 0.2) is 47.4 Å². The molecular formula is C20H20Cl2F3N3O3S. The third-order valence-corrected chi connectivity index (χ3v) is 7.82. The second-order valence-corrected chi connectivity index (χ2v) is 10.3. The van der Waals surface area contributed by atoms with Crippen LogP contribution in [0.25, 0.3) is 0 Å². The lowest BCUT2D eigenvalue weighted by Crippen LogP contribution is -2.47. The van der Waals surface area contributed by atoms with E-state index in [-0.39, 0.29) is 4.90 Å². The molecule has 32 heavy (non-hydrogen) atoms. The molecular weight excluding hydrogens is 490 g/mol. The number of likely N-dealkylation sites (tertiary alicyclic amines) is 1. The molecule has 0 aromatic heterocycles. The first-order valence-corrected chi connectivity index (χ1v) is 12.0. The topological polar surface area (TPSA) is 70.7 Å². The smallest absolute Gasteiger partial charge is 0.406 e. The summed E-state index contributed by atoms with van der Waals surface area (Å²) in [7, 11) is -4.05. The highest BCUT2D eigenvalue weighted by atomic mass is 35.5. The van der Waals surface area contributed by atoms with E-state index in [1.165, 1.54) is 0 Å². The van der Waals surface area contributed by atoms with Crippen molar-refractivity contribution in [1.29, 1.82) is 0 Å². The summed E-state index contributed by atoms with van der Waals surface area (Å²) in [6.45, 7) is 2.05. The number of hydrogen-bond donors (Lipinski definition) is 2. The van der Waals surface area contributed by atoms with E-state index in [2.05, 4.69) is 19.7 Å². The average Bonchev–Trinajstić information content (AvgIpc) is 3.32. The van der Waals surface area contributed by atoms with Crippen molar-refractivity contribution in [3.8, 4) is 5.75 Å². The molecule has 2 bridgehead atoms. The Morgan fingerprint density at radius 2 is 1.88 bits per heavy atom. The summed E-state index contributed by atoms with van der Waals surface area (Å²) in [6.07, 6.45) is -3.86. The van der Waals surface area contributed by atoms with Gasteiger partial charge >= 0.3 is 6.36 Å². The summed E-state index contributed by atoms with van der Waals surface area (Å²) in [5.74, 6) is -0.502. The van der Waals surface area contributed by atoms with Gasteiger partial charge in [-0.25, -0.2) is 13.1 Å². The zero-order chi connectivity index (χ0) is 23.1. The summed E-state index contributed by atoms with van der Waals surface area (Å²) in [5.41, 5.74) is 0.635. The molecule has 2 heterocycles. The molecule has 0 unspecified atom stereocenters. The lowest BCUT2D eigenvalue weighted by molar-refractivity contribution is -0.274. The molecule has 2 aromatic rings. The molecule has 2 fully saturated rings. The Kier molecular flexibility index (Phi) is 6.63. The largest absolute Gasteiger partial charge is 0.573 e. The van der Waals surface area contributed by atoms with Gasteiger partial charge in [0.25, 0.3) is 0 Å². The number of nitrogens with one attached hydrogen (secondary N) is 2. The Labute approximate surface area is 193 Å². The first kappa shape index (κ1) is 23.6. The minimum atomic E-state index is -4.86. The summed E-state index contributed by atoms with van der Waals surface area (Å²) in [4.78, 5) is 2.04. The molecule has 174 valence electrons. The second kappa shape index (κ2) is 9.00. The van der Waals surface area contributed by atoms with Crippen molar-refractivity contribution in [1.82, 2.24) is 14.9 Å². The van der Waals surface area contributed by atoms with Crippen molar-refractivity contribution in [2.24, 2.45) is 0 Å². The van der Waals surface area contributed by atoms with Crippen molar-refractivity contribution in [2.75, 3.05) is 19.6 Å². The van der Waals surface area contributed by atoms with E-state index in [9.17, 15) is 21.6 Å². The summed E-state index contributed by atoms with van der Waals surface area (Å²) < 4.78 is 69.7. The lowest BCUT2D eigenvalue weighted by Gasteiger charge is -2.31. The molecule has 2 aromatic carbocycles. The first-order chi connectivity index (χ1) is 15.0. The molecule has 6 nitrogen and oxygen atoms in total. The first-order valence-electron chi connectivity index (χ1n) is 9.81. The molecule has 0 saturated carbocycles. The predicted molar refractivity (Wildman–Crippen MR) is 114 cm³/mol. The number of ether oxygens (including phenoxy) is 1.